The van der Waals surface area contributed by atoms with Gasteiger partial charge in [-0.2, -0.15) is 0 Å². The molecule has 0 amide bonds. The van der Waals surface area contributed by atoms with Crippen LogP contribution < -0.4 is 4.90 Å². The normalized spacial score (nSPS) is 21.1. The van der Waals surface area contributed by atoms with Crippen LogP contribution in [0.1, 0.15) is 40.0 Å². The summed E-state index contributed by atoms with van der Waals surface area (Å²) in [6.07, 6.45) is 10.3. The number of anilines is 1. The Morgan fingerprint density at radius 3 is 2.95 bits per heavy atom. The molecule has 0 saturated carbocycles. The number of nitrogens with one attached hydrogen (secondary N) is 1. The van der Waals surface area contributed by atoms with Gasteiger partial charge in [-0.1, -0.05) is 27.2 Å². The molecule has 0 bridgehead atoms. The second kappa shape index (κ2) is 5.12. The Morgan fingerprint density at radius 2 is 2.15 bits per heavy atom. The summed E-state index contributed by atoms with van der Waals surface area (Å²) in [4.78, 5) is 10.5. The number of hydrogen-bond donors (Lipinski definition) is 1. The first-order valence-corrected chi connectivity index (χ1v) is 7.59. The lowest BCUT2D eigenvalue weighted by molar-refractivity contribution is 0.334. The van der Waals surface area contributed by atoms with Crippen molar-refractivity contribution in [3.05, 3.63) is 30.9 Å². The van der Waals surface area contributed by atoms with Crippen molar-refractivity contribution < 1.29 is 0 Å². The highest BCUT2D eigenvalue weighted by Gasteiger charge is 2.32. The summed E-state index contributed by atoms with van der Waals surface area (Å²) in [6.45, 7) is 8.10. The van der Waals surface area contributed by atoms with E-state index in [1.165, 1.54) is 24.9 Å². The van der Waals surface area contributed by atoms with Crippen LogP contribution >= 0.6 is 0 Å². The third-order valence-electron chi connectivity index (χ3n) is 4.19. The molecule has 0 aliphatic carbocycles. The van der Waals surface area contributed by atoms with E-state index < -0.39 is 0 Å². The van der Waals surface area contributed by atoms with Crippen LogP contribution in [0.2, 0.25) is 0 Å². The summed E-state index contributed by atoms with van der Waals surface area (Å²) < 4.78 is 0. The standard InChI is InChI=1S/C17H24N3/c1-17(2,3)15-9-5-4-6-11-20(15)14-12-19-13-8-7-10-18-16(13)14/h7-10,12,15,19H,4-6,11H2,1-3H3. The summed E-state index contributed by atoms with van der Waals surface area (Å²) in [5.41, 5.74) is 3.71. The zero-order chi connectivity index (χ0) is 14.2. The lowest BCUT2D eigenvalue weighted by Crippen LogP contribution is -2.44. The van der Waals surface area contributed by atoms with Crippen molar-refractivity contribution in [2.24, 2.45) is 5.41 Å². The first-order valence-electron chi connectivity index (χ1n) is 7.59. The van der Waals surface area contributed by atoms with E-state index in [0.717, 1.165) is 17.6 Å². The van der Waals surface area contributed by atoms with Gasteiger partial charge in [0, 0.05) is 25.0 Å². The minimum absolute atomic E-state index is 0.239. The smallest absolute Gasteiger partial charge is 0.111 e. The van der Waals surface area contributed by atoms with Gasteiger partial charge in [-0.15, -0.1) is 0 Å². The summed E-state index contributed by atoms with van der Waals surface area (Å²) in [7, 11) is 0. The van der Waals surface area contributed by atoms with Gasteiger partial charge in [0.25, 0.3) is 0 Å². The molecule has 3 nitrogen and oxygen atoms in total. The van der Waals surface area contributed by atoms with Gasteiger partial charge in [-0.25, -0.2) is 0 Å². The topological polar surface area (TPSA) is 31.9 Å². The summed E-state index contributed by atoms with van der Waals surface area (Å²) in [6, 6.07) is 4.55. The first-order chi connectivity index (χ1) is 9.57. The Kier molecular flexibility index (Phi) is 3.45. The van der Waals surface area contributed by atoms with Crippen molar-refractivity contribution in [3.63, 3.8) is 0 Å². The molecule has 1 radical (unpaired) electrons. The molecular weight excluding hydrogens is 246 g/mol. The molecule has 3 rings (SSSR count). The number of H-pyrrole nitrogens is 1. The maximum atomic E-state index is 4.58. The van der Waals surface area contributed by atoms with Crippen LogP contribution in [0, 0.1) is 11.8 Å². The molecule has 0 spiro atoms. The number of nitrogens with zero attached hydrogens (tertiary/aromatic N) is 2. The molecule has 0 aromatic carbocycles. The Morgan fingerprint density at radius 1 is 1.30 bits per heavy atom. The Labute approximate surface area is 121 Å². The monoisotopic (exact) mass is 270 g/mol. The molecule has 1 aliphatic rings. The number of rotatable bonds is 1. The van der Waals surface area contributed by atoms with Gasteiger partial charge in [-0.3, -0.25) is 4.98 Å². The second-order valence-corrected chi connectivity index (χ2v) is 6.81. The lowest BCUT2D eigenvalue weighted by Gasteiger charge is -2.40. The van der Waals surface area contributed by atoms with E-state index in [0.29, 0.717) is 6.04 Å². The molecule has 1 atom stereocenters. The van der Waals surface area contributed by atoms with E-state index in [1.54, 1.807) is 0 Å². The maximum Gasteiger partial charge on any atom is 0.111 e. The molecule has 20 heavy (non-hydrogen) atoms. The number of hydrogen-bond acceptors (Lipinski definition) is 2. The van der Waals surface area contributed by atoms with Gasteiger partial charge in [0.05, 0.1) is 11.2 Å². The van der Waals surface area contributed by atoms with Crippen LogP contribution in [0.25, 0.3) is 11.0 Å². The molecule has 3 heteroatoms. The van der Waals surface area contributed by atoms with Gasteiger partial charge in [-0.05, 0) is 36.8 Å². The molecule has 1 N–H and O–H groups in total. The minimum Gasteiger partial charge on any atom is -0.365 e. The largest absolute Gasteiger partial charge is 0.365 e. The number of pyridine rings is 1. The summed E-state index contributed by atoms with van der Waals surface area (Å²) >= 11 is 0. The minimum atomic E-state index is 0.239. The fourth-order valence-electron chi connectivity index (χ4n) is 3.22. The molecule has 1 fully saturated rings. The third-order valence-corrected chi connectivity index (χ3v) is 4.19. The SMILES string of the molecule is CC(C)(C)C1[CH]CCCCN1c1c[nH]c2cccnc12. The zero-order valence-electron chi connectivity index (χ0n) is 12.7. The van der Waals surface area contributed by atoms with Gasteiger partial charge < -0.3 is 9.88 Å². The molecule has 2 aromatic heterocycles. The highest BCUT2D eigenvalue weighted by molar-refractivity contribution is 5.89. The molecular formula is C17H24N3. The lowest BCUT2D eigenvalue weighted by atomic mass is 9.83. The van der Waals surface area contributed by atoms with Crippen molar-refractivity contribution in [3.8, 4) is 0 Å². The number of fused-ring (bicyclic) bond motifs is 1. The van der Waals surface area contributed by atoms with Gasteiger partial charge >= 0.3 is 0 Å². The average Bonchev–Trinajstić information content (AvgIpc) is 2.66. The quantitative estimate of drug-likeness (QED) is 0.843. The van der Waals surface area contributed by atoms with Crippen molar-refractivity contribution in [2.45, 2.75) is 46.1 Å². The highest BCUT2D eigenvalue weighted by atomic mass is 15.2. The van der Waals surface area contributed by atoms with E-state index in [-0.39, 0.29) is 5.41 Å². The fourth-order valence-corrected chi connectivity index (χ4v) is 3.22. The predicted molar refractivity (Wildman–Crippen MR) is 84.8 cm³/mol. The number of aromatic nitrogens is 2. The van der Waals surface area contributed by atoms with Crippen LogP contribution in [-0.2, 0) is 0 Å². The van der Waals surface area contributed by atoms with Crippen molar-refractivity contribution >= 4 is 16.7 Å². The zero-order valence-corrected chi connectivity index (χ0v) is 12.7. The van der Waals surface area contributed by atoms with Crippen molar-refractivity contribution in [1.29, 1.82) is 0 Å². The van der Waals surface area contributed by atoms with Crippen LogP contribution in [-0.4, -0.2) is 22.6 Å². The molecule has 1 aliphatic heterocycles. The van der Waals surface area contributed by atoms with Gasteiger partial charge in [0.2, 0.25) is 0 Å². The first kappa shape index (κ1) is 13.5. The highest BCUT2D eigenvalue weighted by Crippen LogP contribution is 2.36. The van der Waals surface area contributed by atoms with Gasteiger partial charge in [0.15, 0.2) is 0 Å². The van der Waals surface area contributed by atoms with Crippen LogP contribution in [0.3, 0.4) is 0 Å². The van der Waals surface area contributed by atoms with E-state index >= 15 is 0 Å². The van der Waals surface area contributed by atoms with E-state index in [9.17, 15) is 0 Å². The maximum absolute atomic E-state index is 4.58. The molecule has 1 saturated heterocycles. The van der Waals surface area contributed by atoms with Crippen LogP contribution in [0.5, 0.6) is 0 Å². The summed E-state index contributed by atoms with van der Waals surface area (Å²) in [5, 5.41) is 0. The Bertz CT molecular complexity index is 579. The third kappa shape index (κ3) is 2.41. The predicted octanol–water partition coefficient (Wildman–Crippen LogP) is 4.17. The van der Waals surface area contributed by atoms with Crippen LogP contribution in [0.15, 0.2) is 24.5 Å². The Balaban J connectivity index is 2.04. The van der Waals surface area contributed by atoms with E-state index in [4.69, 9.17) is 0 Å². The average molecular weight is 270 g/mol. The van der Waals surface area contributed by atoms with Crippen molar-refractivity contribution in [2.75, 3.05) is 11.4 Å². The number of aromatic amines is 1. The second-order valence-electron chi connectivity index (χ2n) is 6.81. The van der Waals surface area contributed by atoms with E-state index in [2.05, 4.69) is 54.3 Å². The van der Waals surface area contributed by atoms with Gasteiger partial charge in [0.1, 0.15) is 5.52 Å². The Hall–Kier alpha value is -1.51. The van der Waals surface area contributed by atoms with E-state index in [1.807, 2.05) is 12.3 Å². The van der Waals surface area contributed by atoms with Crippen LogP contribution in [0.4, 0.5) is 5.69 Å². The molecule has 107 valence electrons. The molecule has 3 heterocycles. The fraction of sp³-hybridized carbons (Fsp3) is 0.529. The molecule has 1 unspecified atom stereocenters. The van der Waals surface area contributed by atoms with Crippen molar-refractivity contribution in [1.82, 2.24) is 9.97 Å². The summed E-state index contributed by atoms with van der Waals surface area (Å²) in [5.74, 6) is 0. The molecule has 2 aromatic rings.